The summed E-state index contributed by atoms with van der Waals surface area (Å²) in [5.74, 6) is 4.52. The third kappa shape index (κ3) is 4.54. The second-order valence-electron chi connectivity index (χ2n) is 14.3. The monoisotopic (exact) mass is 673 g/mol. The van der Waals surface area contributed by atoms with Gasteiger partial charge in [0.05, 0.1) is 0 Å². The van der Waals surface area contributed by atoms with Gasteiger partial charge in [-0.1, -0.05) is 90.6 Å². The van der Waals surface area contributed by atoms with E-state index in [0.29, 0.717) is 22.2 Å². The zero-order valence-corrected chi connectivity index (χ0v) is 27.2. The van der Waals surface area contributed by atoms with E-state index in [0.717, 1.165) is 29.7 Å². The van der Waals surface area contributed by atoms with Gasteiger partial charge in [0, 0.05) is 32.6 Å². The van der Waals surface area contributed by atoms with Crippen molar-refractivity contribution in [2.75, 3.05) is 0 Å². The SMILES string of the molecule is C[C-]1CC[C@]2(C)[C@H](CC[C@@H]3[C@@]4(C)CC[C@H](OC(=O)/C=C/c5ccccc5)C(C)(C)[C@@H]4CC[C@]32C)C1C.[W]. The minimum Gasteiger partial charge on any atom is -0.459 e. The Morgan fingerprint density at radius 2 is 1.62 bits per heavy atom. The van der Waals surface area contributed by atoms with Crippen LogP contribution in [0.5, 0.6) is 0 Å². The summed E-state index contributed by atoms with van der Waals surface area (Å²) in [7, 11) is 0. The smallest absolute Gasteiger partial charge is 0.331 e. The Morgan fingerprint density at radius 3 is 2.32 bits per heavy atom. The standard InChI is InChI=1S/C34H49O2.W/c1-23-17-21-33(6)26(24(23)2)14-15-28-32(5)20-19-29(31(3,4)27(32)18-22-34(28,33)7)36-30(35)16-13-25-11-9-8-10-12-25;/h8-13,16,24,26-29H,14-15,17-22H2,1-7H3;/q-1;/b16-13+;/t24?,26-,27+,28-,29+,32+,33-,34-;/m1./s1. The molecule has 1 aromatic carbocycles. The van der Waals surface area contributed by atoms with Crippen LogP contribution >= 0.6 is 0 Å². The largest absolute Gasteiger partial charge is 0.459 e. The summed E-state index contributed by atoms with van der Waals surface area (Å²) < 4.78 is 6.19. The summed E-state index contributed by atoms with van der Waals surface area (Å²) in [5, 5.41) is 0. The van der Waals surface area contributed by atoms with Crippen LogP contribution < -0.4 is 0 Å². The number of carbonyl (C=O) groups is 1. The molecule has 0 bridgehead atoms. The molecule has 0 aliphatic heterocycles. The summed E-state index contributed by atoms with van der Waals surface area (Å²) >= 11 is 0. The van der Waals surface area contributed by atoms with E-state index in [1.54, 1.807) is 12.0 Å². The van der Waals surface area contributed by atoms with Crippen LogP contribution in [0.15, 0.2) is 36.4 Å². The van der Waals surface area contributed by atoms with Crippen molar-refractivity contribution < 1.29 is 30.6 Å². The van der Waals surface area contributed by atoms with Crippen LogP contribution in [0.2, 0.25) is 0 Å². The summed E-state index contributed by atoms with van der Waals surface area (Å²) in [6.07, 6.45) is 13.7. The van der Waals surface area contributed by atoms with E-state index in [2.05, 4.69) is 48.5 Å². The predicted octanol–water partition coefficient (Wildman–Crippen LogP) is 8.91. The topological polar surface area (TPSA) is 26.3 Å². The number of hydrogen-bond acceptors (Lipinski definition) is 2. The molecule has 3 heteroatoms. The van der Waals surface area contributed by atoms with Gasteiger partial charge < -0.3 is 10.7 Å². The average molecular weight is 674 g/mol. The maximum absolute atomic E-state index is 12.8. The number of hydrogen-bond donors (Lipinski definition) is 0. The van der Waals surface area contributed by atoms with Gasteiger partial charge in [-0.05, 0) is 71.8 Å². The van der Waals surface area contributed by atoms with Crippen LogP contribution in [0.4, 0.5) is 0 Å². The van der Waals surface area contributed by atoms with Crippen LogP contribution in [0.25, 0.3) is 6.08 Å². The van der Waals surface area contributed by atoms with Gasteiger partial charge in [0.25, 0.3) is 0 Å². The summed E-state index contributed by atoms with van der Waals surface area (Å²) in [6.45, 7) is 17.7. The minimum absolute atomic E-state index is 0. The number of esters is 1. The normalized spacial score (nSPS) is 43.2. The number of carbonyl (C=O) groups excluding carboxylic acids is 1. The van der Waals surface area contributed by atoms with E-state index in [4.69, 9.17) is 4.74 Å². The van der Waals surface area contributed by atoms with Crippen molar-refractivity contribution in [3.8, 4) is 0 Å². The van der Waals surface area contributed by atoms with Crippen molar-refractivity contribution in [2.24, 2.45) is 45.3 Å². The Kier molecular flexibility index (Phi) is 8.07. The van der Waals surface area contributed by atoms with Gasteiger partial charge >= 0.3 is 5.97 Å². The first-order valence-electron chi connectivity index (χ1n) is 14.7. The van der Waals surface area contributed by atoms with Crippen molar-refractivity contribution in [3.05, 3.63) is 47.9 Å². The molecule has 0 N–H and O–H groups in total. The Morgan fingerprint density at radius 1 is 0.919 bits per heavy atom. The van der Waals surface area contributed by atoms with E-state index in [9.17, 15) is 4.79 Å². The van der Waals surface area contributed by atoms with Gasteiger partial charge in [0.15, 0.2) is 0 Å². The minimum atomic E-state index is -0.197. The Bertz CT molecular complexity index is 1000. The molecule has 4 aliphatic rings. The number of benzene rings is 1. The van der Waals surface area contributed by atoms with Gasteiger partial charge in [-0.25, -0.2) is 4.79 Å². The molecule has 5 rings (SSSR count). The molecular formula is C34H49O2W-. The third-order valence-corrected chi connectivity index (χ3v) is 12.8. The first-order chi connectivity index (χ1) is 16.9. The number of rotatable bonds is 3. The van der Waals surface area contributed by atoms with E-state index in [-0.39, 0.29) is 38.6 Å². The second kappa shape index (κ2) is 10.3. The van der Waals surface area contributed by atoms with Gasteiger partial charge in [-0.2, -0.15) is 19.3 Å². The molecule has 37 heavy (non-hydrogen) atoms. The van der Waals surface area contributed by atoms with Crippen molar-refractivity contribution >= 4 is 12.0 Å². The molecule has 2 nitrogen and oxygen atoms in total. The quantitative estimate of drug-likeness (QED) is 0.182. The molecule has 0 radical (unpaired) electrons. The van der Waals surface area contributed by atoms with E-state index < -0.39 is 0 Å². The maximum atomic E-state index is 12.8. The van der Waals surface area contributed by atoms with Crippen molar-refractivity contribution in [3.63, 3.8) is 0 Å². The van der Waals surface area contributed by atoms with Crippen molar-refractivity contribution in [1.82, 2.24) is 0 Å². The fraction of sp³-hybridized carbons (Fsp3) is 0.706. The maximum Gasteiger partial charge on any atom is 0.331 e. The molecule has 4 aliphatic carbocycles. The van der Waals surface area contributed by atoms with Crippen molar-refractivity contribution in [2.45, 2.75) is 106 Å². The summed E-state index contributed by atoms with van der Waals surface area (Å²) in [4.78, 5) is 12.8. The molecule has 204 valence electrons. The van der Waals surface area contributed by atoms with Crippen LogP contribution in [0.3, 0.4) is 0 Å². The third-order valence-electron chi connectivity index (χ3n) is 12.8. The molecule has 0 spiro atoms. The van der Waals surface area contributed by atoms with E-state index in [1.165, 1.54) is 44.9 Å². The van der Waals surface area contributed by atoms with E-state index in [1.807, 2.05) is 36.4 Å². The first-order valence-corrected chi connectivity index (χ1v) is 14.7. The molecule has 1 aromatic rings. The number of fused-ring (bicyclic) bond motifs is 5. The van der Waals surface area contributed by atoms with Crippen molar-refractivity contribution in [1.29, 1.82) is 0 Å². The molecule has 0 heterocycles. The molecule has 4 saturated carbocycles. The zero-order chi connectivity index (χ0) is 25.9. The molecule has 1 unspecified atom stereocenters. The molecule has 0 amide bonds. The molecule has 4 fully saturated rings. The van der Waals surface area contributed by atoms with Crippen LogP contribution in [0, 0.1) is 51.2 Å². The Hall–Kier alpha value is -0.882. The Labute approximate surface area is 241 Å². The zero-order valence-electron chi connectivity index (χ0n) is 24.3. The van der Waals surface area contributed by atoms with Gasteiger partial charge in [-0.15, -0.1) is 0 Å². The summed E-state index contributed by atoms with van der Waals surface area (Å²) in [6, 6.07) is 10.0. The van der Waals surface area contributed by atoms with Gasteiger partial charge in [0.2, 0.25) is 0 Å². The van der Waals surface area contributed by atoms with Gasteiger partial charge in [-0.3, -0.25) is 0 Å². The molecule has 8 atom stereocenters. The van der Waals surface area contributed by atoms with Crippen LogP contribution in [0.1, 0.15) is 105 Å². The van der Waals surface area contributed by atoms with Crippen LogP contribution in [-0.2, 0) is 30.6 Å². The fourth-order valence-corrected chi connectivity index (χ4v) is 10.4. The predicted molar refractivity (Wildman–Crippen MR) is 149 cm³/mol. The van der Waals surface area contributed by atoms with Crippen LogP contribution in [-0.4, -0.2) is 12.1 Å². The first kappa shape index (κ1) is 29.1. The molecular weight excluding hydrogens is 624 g/mol. The fourth-order valence-electron chi connectivity index (χ4n) is 10.4. The second-order valence-corrected chi connectivity index (χ2v) is 14.3. The molecule has 0 saturated heterocycles. The van der Waals surface area contributed by atoms with Gasteiger partial charge in [0.1, 0.15) is 6.10 Å². The summed E-state index contributed by atoms with van der Waals surface area (Å²) in [5.41, 5.74) is 2.21. The van der Waals surface area contributed by atoms with E-state index >= 15 is 0 Å². The molecule has 0 aromatic heterocycles. The number of ether oxygens (including phenoxy) is 1. The Balaban J connectivity index is 0.00000320. The average Bonchev–Trinajstić information content (AvgIpc) is 2.84.